The number of nitrogens with zero attached hydrogens (tertiary/aromatic N) is 5. The van der Waals surface area contributed by atoms with E-state index in [1.54, 1.807) is 15.6 Å². The Bertz CT molecular complexity index is 947. The number of hydrogen-bond acceptors (Lipinski definition) is 5. The Morgan fingerprint density at radius 1 is 1.21 bits per heavy atom. The summed E-state index contributed by atoms with van der Waals surface area (Å²) >= 11 is 7.60. The summed E-state index contributed by atoms with van der Waals surface area (Å²) in [6.45, 7) is 11.5. The van der Waals surface area contributed by atoms with Gasteiger partial charge in [0.1, 0.15) is 0 Å². The van der Waals surface area contributed by atoms with Crippen LogP contribution in [-0.4, -0.2) is 51.8 Å². The highest BCUT2D eigenvalue weighted by Crippen LogP contribution is 2.31. The third kappa shape index (κ3) is 4.54. The number of benzene rings is 1. The van der Waals surface area contributed by atoms with E-state index in [0.717, 1.165) is 29.9 Å². The summed E-state index contributed by atoms with van der Waals surface area (Å²) in [5.74, 6) is -0.128. The van der Waals surface area contributed by atoms with Crippen LogP contribution in [0.15, 0.2) is 30.5 Å². The second-order valence-electron chi connectivity index (χ2n) is 6.87. The third-order valence-electron chi connectivity index (χ3n) is 4.71. The topological polar surface area (TPSA) is 54.3 Å². The second kappa shape index (κ2) is 9.03. The van der Waals surface area contributed by atoms with Gasteiger partial charge < -0.3 is 4.90 Å². The number of thiazole rings is 1. The van der Waals surface area contributed by atoms with Crippen molar-refractivity contribution in [3.05, 3.63) is 41.2 Å². The third-order valence-corrected chi connectivity index (χ3v) is 5.98. The molecule has 0 unspecified atom stereocenters. The molecule has 0 radical (unpaired) electrons. The zero-order valence-electron chi connectivity index (χ0n) is 16.7. The van der Waals surface area contributed by atoms with Gasteiger partial charge in [0.15, 0.2) is 10.8 Å². The largest absolute Gasteiger partial charge is 0.302 e. The monoisotopic (exact) mass is 419 g/mol. The number of aromatic nitrogens is 3. The number of amides is 1. The van der Waals surface area contributed by atoms with E-state index in [2.05, 4.69) is 28.8 Å². The lowest BCUT2D eigenvalue weighted by Crippen LogP contribution is -2.39. The van der Waals surface area contributed by atoms with Gasteiger partial charge in [0.25, 0.3) is 5.91 Å². The Morgan fingerprint density at radius 3 is 2.61 bits per heavy atom. The molecule has 1 aromatic carbocycles. The lowest BCUT2D eigenvalue weighted by molar-refractivity contribution is 0.0978. The van der Waals surface area contributed by atoms with Crippen LogP contribution in [0.2, 0.25) is 5.02 Å². The minimum atomic E-state index is -0.128. The molecular formula is C20H26ClN5OS. The van der Waals surface area contributed by atoms with Crippen molar-refractivity contribution in [3.8, 4) is 0 Å². The van der Waals surface area contributed by atoms with Crippen LogP contribution in [0.4, 0.5) is 5.13 Å². The van der Waals surface area contributed by atoms with E-state index in [4.69, 9.17) is 11.6 Å². The molecule has 0 aliphatic carbocycles. The van der Waals surface area contributed by atoms with E-state index < -0.39 is 0 Å². The molecule has 0 aliphatic heterocycles. The number of hydrogen-bond donors (Lipinski definition) is 0. The minimum Gasteiger partial charge on any atom is -0.302 e. The first-order valence-electron chi connectivity index (χ1n) is 9.58. The number of carbonyl (C=O) groups is 1. The van der Waals surface area contributed by atoms with E-state index in [0.29, 0.717) is 22.4 Å². The van der Waals surface area contributed by atoms with Crippen molar-refractivity contribution < 1.29 is 4.79 Å². The smallest absolute Gasteiger partial charge is 0.280 e. The minimum absolute atomic E-state index is 0.128. The highest BCUT2D eigenvalue weighted by Gasteiger charge is 2.24. The fourth-order valence-electron chi connectivity index (χ4n) is 2.95. The fraction of sp³-hybridized carbons (Fsp3) is 0.450. The van der Waals surface area contributed by atoms with Gasteiger partial charge >= 0.3 is 0 Å². The molecule has 0 bridgehead atoms. The van der Waals surface area contributed by atoms with Crippen molar-refractivity contribution in [2.75, 3.05) is 31.1 Å². The van der Waals surface area contributed by atoms with Crippen LogP contribution < -0.4 is 4.90 Å². The maximum absolute atomic E-state index is 13.3. The first kappa shape index (κ1) is 20.8. The van der Waals surface area contributed by atoms with E-state index in [-0.39, 0.29) is 11.9 Å². The van der Waals surface area contributed by atoms with Gasteiger partial charge in [-0.1, -0.05) is 36.8 Å². The molecule has 0 fully saturated rings. The summed E-state index contributed by atoms with van der Waals surface area (Å²) in [5, 5.41) is 5.80. The van der Waals surface area contributed by atoms with Crippen LogP contribution >= 0.6 is 22.9 Å². The molecule has 2 heterocycles. The van der Waals surface area contributed by atoms with E-state index in [9.17, 15) is 4.79 Å². The molecular weight excluding hydrogens is 394 g/mol. The van der Waals surface area contributed by atoms with E-state index in [1.807, 2.05) is 38.2 Å². The predicted octanol–water partition coefficient (Wildman–Crippen LogP) is 4.72. The molecule has 0 atom stereocenters. The highest BCUT2D eigenvalue weighted by atomic mass is 35.5. The van der Waals surface area contributed by atoms with Crippen LogP contribution in [0.25, 0.3) is 10.2 Å². The van der Waals surface area contributed by atoms with Crippen molar-refractivity contribution in [3.63, 3.8) is 0 Å². The molecule has 2 aromatic heterocycles. The summed E-state index contributed by atoms with van der Waals surface area (Å²) < 4.78 is 2.77. The van der Waals surface area contributed by atoms with Gasteiger partial charge in [-0.25, -0.2) is 4.98 Å². The normalized spacial score (nSPS) is 11.7. The number of likely N-dealkylation sites (N-methyl/N-ethyl adjacent to an activating group) is 1. The van der Waals surface area contributed by atoms with Gasteiger partial charge in [-0.15, -0.1) is 0 Å². The summed E-state index contributed by atoms with van der Waals surface area (Å²) in [5.41, 5.74) is 1.28. The maximum Gasteiger partial charge on any atom is 0.280 e. The molecule has 0 spiro atoms. The molecule has 0 saturated carbocycles. The first-order valence-corrected chi connectivity index (χ1v) is 10.8. The van der Waals surface area contributed by atoms with Crippen molar-refractivity contribution in [1.82, 2.24) is 19.7 Å². The number of anilines is 1. The summed E-state index contributed by atoms with van der Waals surface area (Å²) in [4.78, 5) is 22.0. The van der Waals surface area contributed by atoms with Crippen LogP contribution in [0, 0.1) is 0 Å². The summed E-state index contributed by atoms with van der Waals surface area (Å²) in [7, 11) is 0. The molecule has 0 saturated heterocycles. The molecule has 0 aliphatic rings. The Morgan fingerprint density at radius 2 is 1.96 bits per heavy atom. The standard InChI is InChI=1S/C20H26ClN5OS/c1-5-24(6-2)11-12-25(19(27)17-9-10-26(23-17)14(3)4)20-22-16-8-7-15(21)13-18(16)28-20/h7-10,13-14H,5-6,11-12H2,1-4H3. The molecule has 1 amide bonds. The lowest BCUT2D eigenvalue weighted by atomic mass is 10.3. The lowest BCUT2D eigenvalue weighted by Gasteiger charge is -2.24. The molecule has 150 valence electrons. The maximum atomic E-state index is 13.3. The van der Waals surface area contributed by atoms with Crippen molar-refractivity contribution in [2.45, 2.75) is 33.7 Å². The molecule has 6 nitrogen and oxygen atoms in total. The van der Waals surface area contributed by atoms with Gasteiger partial charge in [-0.2, -0.15) is 5.10 Å². The van der Waals surface area contributed by atoms with Crippen LogP contribution in [0.1, 0.15) is 44.2 Å². The van der Waals surface area contributed by atoms with Crippen molar-refractivity contribution in [2.24, 2.45) is 0 Å². The van der Waals surface area contributed by atoms with Gasteiger partial charge in [0.05, 0.1) is 10.2 Å². The van der Waals surface area contributed by atoms with Gasteiger partial charge in [-0.3, -0.25) is 14.4 Å². The zero-order chi connectivity index (χ0) is 20.3. The zero-order valence-corrected chi connectivity index (χ0v) is 18.3. The Labute approximate surface area is 174 Å². The second-order valence-corrected chi connectivity index (χ2v) is 8.31. The molecule has 3 rings (SSSR count). The number of carbonyl (C=O) groups excluding carboxylic acids is 1. The first-order chi connectivity index (χ1) is 13.4. The summed E-state index contributed by atoms with van der Waals surface area (Å²) in [6, 6.07) is 7.57. The van der Waals surface area contributed by atoms with Gasteiger partial charge in [0.2, 0.25) is 0 Å². The highest BCUT2D eigenvalue weighted by molar-refractivity contribution is 7.22. The SMILES string of the molecule is CCN(CC)CCN(C(=O)c1ccn(C(C)C)n1)c1nc2ccc(Cl)cc2s1. The van der Waals surface area contributed by atoms with E-state index in [1.165, 1.54) is 11.3 Å². The Balaban J connectivity index is 1.93. The summed E-state index contributed by atoms with van der Waals surface area (Å²) in [6.07, 6.45) is 1.85. The molecule has 0 N–H and O–H groups in total. The molecule has 3 aromatic rings. The van der Waals surface area contributed by atoms with Gasteiger partial charge in [-0.05, 0) is 51.2 Å². The molecule has 8 heteroatoms. The van der Waals surface area contributed by atoms with Crippen LogP contribution in [0.5, 0.6) is 0 Å². The van der Waals surface area contributed by atoms with Crippen LogP contribution in [-0.2, 0) is 0 Å². The number of rotatable bonds is 8. The van der Waals surface area contributed by atoms with Crippen molar-refractivity contribution >= 4 is 44.2 Å². The number of fused-ring (bicyclic) bond motifs is 1. The average Bonchev–Trinajstić information content (AvgIpc) is 3.31. The Kier molecular flexibility index (Phi) is 6.69. The molecule has 28 heavy (non-hydrogen) atoms. The fourth-order valence-corrected chi connectivity index (χ4v) is 4.21. The van der Waals surface area contributed by atoms with Crippen LogP contribution in [0.3, 0.4) is 0 Å². The van der Waals surface area contributed by atoms with Gasteiger partial charge in [0, 0.05) is 30.4 Å². The quantitative estimate of drug-likeness (QED) is 0.530. The van der Waals surface area contributed by atoms with E-state index >= 15 is 0 Å². The predicted molar refractivity (Wildman–Crippen MR) is 117 cm³/mol. The average molecular weight is 420 g/mol. The Hall–Kier alpha value is -1.96. The number of halogens is 1. The van der Waals surface area contributed by atoms with Crippen molar-refractivity contribution in [1.29, 1.82) is 0 Å².